The largest absolute Gasteiger partial charge is 0.495 e. The van der Waals surface area contributed by atoms with E-state index in [-0.39, 0.29) is 6.67 Å². The van der Waals surface area contributed by atoms with Crippen LogP contribution in [0.2, 0.25) is 0 Å². The Labute approximate surface area is 201 Å². The van der Waals surface area contributed by atoms with Crippen molar-refractivity contribution in [2.24, 2.45) is 0 Å². The molecule has 10 heteroatoms. The van der Waals surface area contributed by atoms with Crippen molar-refractivity contribution < 1.29 is 4.74 Å². The number of imidazole rings is 1. The maximum absolute atomic E-state index is 9.03. The molecule has 0 bridgehead atoms. The Morgan fingerprint density at radius 2 is 1.97 bits per heavy atom. The highest BCUT2D eigenvalue weighted by Gasteiger charge is 2.17. The summed E-state index contributed by atoms with van der Waals surface area (Å²) in [4.78, 5) is 17.1. The first-order valence-corrected chi connectivity index (χ1v) is 10.4. The fraction of sp³-hybridized carbons (Fsp3) is 0.120. The molecule has 0 radical (unpaired) electrons. The molecule has 2 heterocycles. The number of hydrogen-bond acceptors (Lipinski definition) is 8. The molecule has 0 fully saturated rings. The molecule has 0 aliphatic rings. The lowest BCUT2D eigenvalue weighted by Gasteiger charge is -2.16. The van der Waals surface area contributed by atoms with Gasteiger partial charge in [-0.25, -0.2) is 16.1 Å². The van der Waals surface area contributed by atoms with Crippen molar-refractivity contribution in [2.45, 2.75) is 13.6 Å². The van der Waals surface area contributed by atoms with E-state index in [9.17, 15) is 0 Å². The standard InChI is InChI=1S/C25H19N9O/c1-16-11-18(5-4-10-26)12-20(35-3)21(16)31-23-22-24(34(14-28-2)15-29-22)33-25(32-23)30-19-8-6-17(13-27)7-9-19/h4-9,11-12,15H,14H2,1,3H3,(H2,30,31,32,33)/b5-4+. The van der Waals surface area contributed by atoms with Crippen molar-refractivity contribution in [2.75, 3.05) is 17.7 Å². The molecule has 0 amide bonds. The molecule has 35 heavy (non-hydrogen) atoms. The summed E-state index contributed by atoms with van der Waals surface area (Å²) in [5, 5.41) is 24.3. The van der Waals surface area contributed by atoms with Crippen LogP contribution >= 0.6 is 0 Å². The number of nitriles is 2. The molecule has 170 valence electrons. The third-order valence-corrected chi connectivity index (χ3v) is 5.09. The average Bonchev–Trinajstić information content (AvgIpc) is 3.27. The zero-order valence-corrected chi connectivity index (χ0v) is 18.9. The van der Waals surface area contributed by atoms with Gasteiger partial charge >= 0.3 is 0 Å². The first-order valence-electron chi connectivity index (χ1n) is 10.4. The second-order valence-corrected chi connectivity index (χ2v) is 7.40. The highest BCUT2D eigenvalue weighted by molar-refractivity contribution is 5.88. The van der Waals surface area contributed by atoms with Gasteiger partial charge in [-0.05, 0) is 60.5 Å². The predicted molar refractivity (Wildman–Crippen MR) is 132 cm³/mol. The first kappa shape index (κ1) is 22.8. The van der Waals surface area contributed by atoms with Crippen molar-refractivity contribution in [3.63, 3.8) is 0 Å². The van der Waals surface area contributed by atoms with Crippen molar-refractivity contribution in [3.8, 4) is 17.9 Å². The Hall–Kier alpha value is -5.40. The molecule has 0 aliphatic heterocycles. The second-order valence-electron chi connectivity index (χ2n) is 7.40. The van der Waals surface area contributed by atoms with Gasteiger partial charge in [0.25, 0.3) is 6.67 Å². The van der Waals surface area contributed by atoms with Gasteiger partial charge in [0.2, 0.25) is 5.95 Å². The van der Waals surface area contributed by atoms with Crippen LogP contribution in [0.15, 0.2) is 48.8 Å². The van der Waals surface area contributed by atoms with Crippen LogP contribution in [0.1, 0.15) is 16.7 Å². The predicted octanol–water partition coefficient (Wildman–Crippen LogP) is 4.92. The van der Waals surface area contributed by atoms with E-state index in [0.29, 0.717) is 45.6 Å². The van der Waals surface area contributed by atoms with E-state index < -0.39 is 0 Å². The smallest absolute Gasteiger partial charge is 0.295 e. The van der Waals surface area contributed by atoms with Crippen LogP contribution < -0.4 is 15.4 Å². The molecule has 0 atom stereocenters. The van der Waals surface area contributed by atoms with E-state index in [2.05, 4.69) is 36.5 Å². The molecular weight excluding hydrogens is 442 g/mol. The van der Waals surface area contributed by atoms with Crippen LogP contribution in [0, 0.1) is 36.2 Å². The lowest BCUT2D eigenvalue weighted by Crippen LogP contribution is -2.05. The Balaban J connectivity index is 1.79. The number of aryl methyl sites for hydroxylation is 1. The zero-order valence-electron chi connectivity index (χ0n) is 18.9. The molecule has 0 aliphatic carbocycles. The molecule has 2 aromatic heterocycles. The van der Waals surface area contributed by atoms with E-state index >= 15 is 0 Å². The first-order chi connectivity index (χ1) is 17.1. The Bertz CT molecular complexity index is 1550. The summed E-state index contributed by atoms with van der Waals surface area (Å²) in [6.45, 7) is 9.22. The number of aromatic nitrogens is 4. The molecule has 2 aromatic carbocycles. The summed E-state index contributed by atoms with van der Waals surface area (Å²) >= 11 is 0. The molecule has 0 saturated carbocycles. The van der Waals surface area contributed by atoms with E-state index in [4.69, 9.17) is 21.8 Å². The van der Waals surface area contributed by atoms with Crippen LogP contribution in [0.4, 0.5) is 23.1 Å². The molecular formula is C25H19N9O. The lowest BCUT2D eigenvalue weighted by atomic mass is 10.1. The molecule has 0 saturated heterocycles. The van der Waals surface area contributed by atoms with Crippen LogP contribution in [0.3, 0.4) is 0 Å². The normalized spacial score (nSPS) is 10.5. The van der Waals surface area contributed by atoms with Crippen molar-refractivity contribution in [1.82, 2.24) is 19.5 Å². The van der Waals surface area contributed by atoms with Gasteiger partial charge in [-0.15, -0.1) is 0 Å². The third kappa shape index (κ3) is 4.85. The van der Waals surface area contributed by atoms with Crippen LogP contribution in [0.5, 0.6) is 5.75 Å². The van der Waals surface area contributed by atoms with Crippen LogP contribution in [0.25, 0.3) is 22.1 Å². The third-order valence-electron chi connectivity index (χ3n) is 5.09. The molecule has 0 unspecified atom stereocenters. The topological polar surface area (TPSA) is 129 Å². The Morgan fingerprint density at radius 3 is 2.66 bits per heavy atom. The highest BCUT2D eigenvalue weighted by atomic mass is 16.5. The quantitative estimate of drug-likeness (QED) is 0.293. The van der Waals surface area contributed by atoms with Gasteiger partial charge in [0.05, 0.1) is 30.5 Å². The minimum absolute atomic E-state index is 0.0610. The minimum Gasteiger partial charge on any atom is -0.495 e. The number of nitrogens with one attached hydrogen (secondary N) is 2. The number of ether oxygens (including phenoxy) is 1. The lowest BCUT2D eigenvalue weighted by molar-refractivity contribution is 0.416. The average molecular weight is 461 g/mol. The fourth-order valence-corrected chi connectivity index (χ4v) is 3.48. The maximum Gasteiger partial charge on any atom is 0.295 e. The van der Waals surface area contributed by atoms with Crippen molar-refractivity contribution in [1.29, 1.82) is 10.5 Å². The van der Waals surface area contributed by atoms with Gasteiger partial charge < -0.3 is 15.4 Å². The highest BCUT2D eigenvalue weighted by Crippen LogP contribution is 2.35. The Morgan fingerprint density at radius 1 is 1.17 bits per heavy atom. The summed E-state index contributed by atoms with van der Waals surface area (Å²) < 4.78 is 7.23. The van der Waals surface area contributed by atoms with Gasteiger partial charge in [0.1, 0.15) is 12.1 Å². The van der Waals surface area contributed by atoms with Crippen molar-refractivity contribution >= 4 is 40.4 Å². The number of benzene rings is 2. The summed E-state index contributed by atoms with van der Waals surface area (Å²) in [5.41, 5.74) is 4.60. The summed E-state index contributed by atoms with van der Waals surface area (Å²) in [6, 6.07) is 14.7. The van der Waals surface area contributed by atoms with E-state index in [1.165, 1.54) is 6.08 Å². The van der Waals surface area contributed by atoms with Gasteiger partial charge in [-0.3, -0.25) is 4.85 Å². The molecule has 4 rings (SSSR count). The zero-order chi connectivity index (χ0) is 24.8. The molecule has 2 N–H and O–H groups in total. The summed E-state index contributed by atoms with van der Waals surface area (Å²) in [5.74, 6) is 1.29. The minimum atomic E-state index is 0.0610. The number of methoxy groups -OCH3 is 1. The number of fused-ring (bicyclic) bond motifs is 1. The van der Waals surface area contributed by atoms with Gasteiger partial charge in [0, 0.05) is 11.8 Å². The van der Waals surface area contributed by atoms with Crippen molar-refractivity contribution in [3.05, 3.63) is 76.9 Å². The van der Waals surface area contributed by atoms with Crippen LogP contribution in [-0.2, 0) is 6.67 Å². The summed E-state index contributed by atoms with van der Waals surface area (Å²) in [6.07, 6.45) is 4.65. The fourth-order valence-electron chi connectivity index (χ4n) is 3.48. The monoisotopic (exact) mass is 461 g/mol. The molecule has 0 spiro atoms. The van der Waals surface area contributed by atoms with Gasteiger partial charge in [-0.2, -0.15) is 20.5 Å². The SMILES string of the molecule is [C-]#[N+]Cn1cnc2c(Nc3c(C)cc(/C=C/C#N)cc3OC)nc(Nc3ccc(C#N)cc3)nc21. The van der Waals surface area contributed by atoms with Crippen LogP contribution in [-0.4, -0.2) is 26.6 Å². The maximum atomic E-state index is 9.03. The van der Waals surface area contributed by atoms with E-state index in [1.54, 1.807) is 48.3 Å². The second kappa shape index (κ2) is 10.0. The Kier molecular flexibility index (Phi) is 6.53. The number of anilines is 4. The molecule has 4 aromatic rings. The molecule has 10 nitrogen and oxygen atoms in total. The summed E-state index contributed by atoms with van der Waals surface area (Å²) in [7, 11) is 1.57. The number of nitrogens with zero attached hydrogens (tertiary/aromatic N) is 7. The van der Waals surface area contributed by atoms with Gasteiger partial charge in [0.15, 0.2) is 17.0 Å². The number of allylic oxidation sites excluding steroid dienone is 1. The van der Waals surface area contributed by atoms with E-state index in [0.717, 1.165) is 11.1 Å². The van der Waals surface area contributed by atoms with Gasteiger partial charge in [-0.1, -0.05) is 0 Å². The van der Waals surface area contributed by atoms with E-state index in [1.807, 2.05) is 25.1 Å². The number of hydrogen-bond donors (Lipinski definition) is 2. The number of rotatable bonds is 7.